The molecule has 1 amide bonds. The molecule has 134 valence electrons. The van der Waals surface area contributed by atoms with Gasteiger partial charge in [-0.25, -0.2) is 0 Å². The third-order valence-corrected chi connectivity index (χ3v) is 4.65. The van der Waals surface area contributed by atoms with Crippen molar-refractivity contribution in [2.45, 2.75) is 33.4 Å². The van der Waals surface area contributed by atoms with Gasteiger partial charge in [0.05, 0.1) is 5.69 Å². The van der Waals surface area contributed by atoms with Gasteiger partial charge in [0, 0.05) is 38.3 Å². The fourth-order valence-corrected chi connectivity index (χ4v) is 3.09. The van der Waals surface area contributed by atoms with Gasteiger partial charge in [0.25, 0.3) is 5.91 Å². The number of amides is 1. The Morgan fingerprint density at radius 3 is 2.48 bits per heavy atom. The van der Waals surface area contributed by atoms with E-state index in [4.69, 9.17) is 9.26 Å². The number of ether oxygens (including phenoxy) is 1. The van der Waals surface area contributed by atoms with Crippen molar-refractivity contribution in [1.82, 2.24) is 15.0 Å². The summed E-state index contributed by atoms with van der Waals surface area (Å²) in [6.07, 6.45) is -0.475. The lowest BCUT2D eigenvalue weighted by Gasteiger charge is -2.35. The molecule has 1 saturated heterocycles. The van der Waals surface area contributed by atoms with E-state index in [1.165, 1.54) is 0 Å². The van der Waals surface area contributed by atoms with Crippen LogP contribution in [0.15, 0.2) is 34.9 Å². The van der Waals surface area contributed by atoms with E-state index in [1.807, 2.05) is 56.0 Å². The van der Waals surface area contributed by atoms with Crippen LogP contribution in [0.2, 0.25) is 0 Å². The normalized spacial score (nSPS) is 16.7. The Kier molecular flexibility index (Phi) is 5.38. The number of carbonyl (C=O) groups is 1. The molecule has 6 nitrogen and oxygen atoms in total. The second-order valence-electron chi connectivity index (χ2n) is 6.48. The van der Waals surface area contributed by atoms with Gasteiger partial charge in [-0.1, -0.05) is 23.4 Å². The smallest absolute Gasteiger partial charge is 0.263 e. The number of benzene rings is 1. The third kappa shape index (κ3) is 4.20. The summed E-state index contributed by atoms with van der Waals surface area (Å²) in [6.45, 7) is 9.65. The maximum absolute atomic E-state index is 12.6. The zero-order chi connectivity index (χ0) is 17.8. The topological polar surface area (TPSA) is 58.8 Å². The monoisotopic (exact) mass is 343 g/mol. The molecular weight excluding hydrogens is 318 g/mol. The maximum atomic E-state index is 12.6. The molecule has 2 aromatic rings. The highest BCUT2D eigenvalue weighted by Gasteiger charge is 2.26. The first-order chi connectivity index (χ1) is 12.0. The zero-order valence-corrected chi connectivity index (χ0v) is 15.1. The van der Waals surface area contributed by atoms with Crippen molar-refractivity contribution in [3.8, 4) is 5.75 Å². The van der Waals surface area contributed by atoms with Crippen LogP contribution >= 0.6 is 0 Å². The molecule has 3 rings (SSSR count). The van der Waals surface area contributed by atoms with Crippen LogP contribution in [0.25, 0.3) is 0 Å². The first-order valence-electron chi connectivity index (χ1n) is 8.69. The number of piperazine rings is 1. The van der Waals surface area contributed by atoms with Crippen molar-refractivity contribution in [2.75, 3.05) is 26.2 Å². The number of carbonyl (C=O) groups excluding carboxylic acids is 1. The van der Waals surface area contributed by atoms with Gasteiger partial charge in [0.1, 0.15) is 11.5 Å². The van der Waals surface area contributed by atoms with Gasteiger partial charge in [-0.3, -0.25) is 9.69 Å². The van der Waals surface area contributed by atoms with Gasteiger partial charge < -0.3 is 14.2 Å². The van der Waals surface area contributed by atoms with Crippen LogP contribution in [-0.2, 0) is 11.3 Å². The molecule has 0 N–H and O–H groups in total. The molecule has 1 aromatic heterocycles. The first-order valence-corrected chi connectivity index (χ1v) is 8.69. The average Bonchev–Trinajstić information content (AvgIpc) is 2.94. The number of aryl methyl sites for hydroxylation is 2. The molecule has 2 heterocycles. The highest BCUT2D eigenvalue weighted by Crippen LogP contribution is 2.17. The van der Waals surface area contributed by atoms with E-state index in [2.05, 4.69) is 10.1 Å². The van der Waals surface area contributed by atoms with Crippen LogP contribution in [0.4, 0.5) is 0 Å². The SMILES string of the molecule is Cc1noc(C)c1CN1CCN(C(=O)[C@H](C)Oc2ccccc2)CC1. The molecule has 0 aliphatic carbocycles. The minimum absolute atomic E-state index is 0.0424. The van der Waals surface area contributed by atoms with Gasteiger partial charge in [0.15, 0.2) is 6.10 Å². The summed E-state index contributed by atoms with van der Waals surface area (Å²) in [5.41, 5.74) is 2.10. The highest BCUT2D eigenvalue weighted by atomic mass is 16.5. The second-order valence-corrected chi connectivity index (χ2v) is 6.48. The Balaban J connectivity index is 1.50. The van der Waals surface area contributed by atoms with E-state index in [0.29, 0.717) is 13.1 Å². The number of hydrogen-bond donors (Lipinski definition) is 0. The largest absolute Gasteiger partial charge is 0.481 e. The molecule has 0 bridgehead atoms. The van der Waals surface area contributed by atoms with Crippen molar-refractivity contribution in [3.63, 3.8) is 0 Å². The van der Waals surface area contributed by atoms with Crippen LogP contribution in [0, 0.1) is 13.8 Å². The minimum atomic E-state index is -0.475. The fraction of sp³-hybridized carbons (Fsp3) is 0.474. The average molecular weight is 343 g/mol. The van der Waals surface area contributed by atoms with Crippen molar-refractivity contribution in [3.05, 3.63) is 47.3 Å². The van der Waals surface area contributed by atoms with Crippen LogP contribution in [0.5, 0.6) is 5.75 Å². The van der Waals surface area contributed by atoms with Crippen molar-refractivity contribution in [2.24, 2.45) is 0 Å². The Morgan fingerprint density at radius 1 is 1.20 bits per heavy atom. The Bertz CT molecular complexity index is 686. The van der Waals surface area contributed by atoms with E-state index >= 15 is 0 Å². The molecule has 0 unspecified atom stereocenters. The van der Waals surface area contributed by atoms with Gasteiger partial charge >= 0.3 is 0 Å². The molecule has 25 heavy (non-hydrogen) atoms. The summed E-state index contributed by atoms with van der Waals surface area (Å²) in [5, 5.41) is 4.01. The molecule has 1 fully saturated rings. The molecule has 1 aliphatic heterocycles. The molecule has 1 aromatic carbocycles. The maximum Gasteiger partial charge on any atom is 0.263 e. The lowest BCUT2D eigenvalue weighted by molar-refractivity contribution is -0.139. The summed E-state index contributed by atoms with van der Waals surface area (Å²) in [6, 6.07) is 9.47. The van der Waals surface area contributed by atoms with Gasteiger partial charge in [-0.15, -0.1) is 0 Å². The van der Waals surface area contributed by atoms with Crippen LogP contribution in [0.1, 0.15) is 23.9 Å². The third-order valence-electron chi connectivity index (χ3n) is 4.65. The zero-order valence-electron chi connectivity index (χ0n) is 15.1. The Labute approximate surface area is 148 Å². The van der Waals surface area contributed by atoms with Crippen molar-refractivity contribution >= 4 is 5.91 Å². The molecule has 1 atom stereocenters. The summed E-state index contributed by atoms with van der Waals surface area (Å²) in [4.78, 5) is 16.8. The predicted molar refractivity (Wildman–Crippen MR) is 94.4 cm³/mol. The van der Waals surface area contributed by atoms with E-state index in [-0.39, 0.29) is 5.91 Å². The van der Waals surface area contributed by atoms with Crippen molar-refractivity contribution < 1.29 is 14.1 Å². The standard InChI is InChI=1S/C19H25N3O3/c1-14-18(15(2)25-20-14)13-21-9-11-22(12-10-21)19(23)16(3)24-17-7-5-4-6-8-17/h4-8,16H,9-13H2,1-3H3/t16-/m0/s1. The van der Waals surface area contributed by atoms with Crippen molar-refractivity contribution in [1.29, 1.82) is 0 Å². The number of nitrogens with zero attached hydrogens (tertiary/aromatic N) is 3. The van der Waals surface area contributed by atoms with E-state index in [0.717, 1.165) is 42.4 Å². The lowest BCUT2D eigenvalue weighted by Crippen LogP contribution is -2.51. The Morgan fingerprint density at radius 2 is 1.88 bits per heavy atom. The van der Waals surface area contributed by atoms with E-state index < -0.39 is 6.10 Å². The first kappa shape index (κ1) is 17.5. The molecule has 0 spiro atoms. The van der Waals surface area contributed by atoms with E-state index in [1.54, 1.807) is 0 Å². The molecule has 1 aliphatic rings. The lowest BCUT2D eigenvalue weighted by atomic mass is 10.1. The molecule has 0 saturated carbocycles. The second kappa shape index (κ2) is 7.70. The fourth-order valence-electron chi connectivity index (χ4n) is 3.09. The van der Waals surface area contributed by atoms with Crippen LogP contribution in [0.3, 0.4) is 0 Å². The molecular formula is C19H25N3O3. The van der Waals surface area contributed by atoms with Gasteiger partial charge in [-0.2, -0.15) is 0 Å². The number of rotatable bonds is 5. The van der Waals surface area contributed by atoms with Crippen LogP contribution < -0.4 is 4.74 Å². The van der Waals surface area contributed by atoms with Gasteiger partial charge in [-0.05, 0) is 32.9 Å². The summed E-state index contributed by atoms with van der Waals surface area (Å²) < 4.78 is 11.0. The molecule has 0 radical (unpaired) electrons. The number of aromatic nitrogens is 1. The summed E-state index contributed by atoms with van der Waals surface area (Å²) >= 11 is 0. The highest BCUT2D eigenvalue weighted by molar-refractivity contribution is 5.81. The minimum Gasteiger partial charge on any atom is -0.481 e. The summed E-state index contributed by atoms with van der Waals surface area (Å²) in [7, 11) is 0. The number of para-hydroxylation sites is 1. The summed E-state index contributed by atoms with van der Waals surface area (Å²) in [5.74, 6) is 1.64. The van der Waals surface area contributed by atoms with Gasteiger partial charge in [0.2, 0.25) is 0 Å². The van der Waals surface area contributed by atoms with Crippen LogP contribution in [-0.4, -0.2) is 53.1 Å². The quantitative estimate of drug-likeness (QED) is 0.834. The predicted octanol–water partition coefficient (Wildman–Crippen LogP) is 2.40. The molecule has 6 heteroatoms. The van der Waals surface area contributed by atoms with E-state index in [9.17, 15) is 4.79 Å². The number of hydrogen-bond acceptors (Lipinski definition) is 5. The Hall–Kier alpha value is -2.34.